The van der Waals surface area contributed by atoms with E-state index in [1.807, 2.05) is 24.3 Å². The second-order valence-corrected chi connectivity index (χ2v) is 4.58. The molecule has 0 aliphatic heterocycles. The Bertz CT molecular complexity index is 868. The molecule has 3 N–H and O–H groups in total. The maximum atomic E-state index is 13.8. The summed E-state index contributed by atoms with van der Waals surface area (Å²) in [6.07, 6.45) is 0. The van der Waals surface area contributed by atoms with E-state index in [9.17, 15) is 4.39 Å². The van der Waals surface area contributed by atoms with E-state index in [0.29, 0.717) is 11.5 Å². The summed E-state index contributed by atoms with van der Waals surface area (Å²) in [6, 6.07) is 15.2. The van der Waals surface area contributed by atoms with Crippen molar-refractivity contribution in [3.63, 3.8) is 0 Å². The van der Waals surface area contributed by atoms with Crippen molar-refractivity contribution in [2.45, 2.75) is 0 Å². The molecule has 21 heavy (non-hydrogen) atoms. The molecule has 0 aliphatic carbocycles. The molecule has 0 amide bonds. The zero-order valence-electron chi connectivity index (χ0n) is 11.0. The molecular weight excluding hydrogens is 267 g/mol. The minimum atomic E-state index is -0.492. The fourth-order valence-electron chi connectivity index (χ4n) is 2.04. The normalized spacial score (nSPS) is 10.3. The summed E-state index contributed by atoms with van der Waals surface area (Å²) in [6.45, 7) is 0. The number of nitrogens with one attached hydrogen (secondary N) is 1. The molecule has 102 valence electrons. The fraction of sp³-hybridized carbons (Fsp3) is 0. The largest absolute Gasteiger partial charge is 0.399 e. The van der Waals surface area contributed by atoms with Gasteiger partial charge in [-0.05, 0) is 48.5 Å². The number of aromatic nitrogens is 1. The third-order valence-electron chi connectivity index (χ3n) is 3.07. The molecule has 0 aliphatic rings. The van der Waals surface area contributed by atoms with Gasteiger partial charge in [0.15, 0.2) is 0 Å². The Morgan fingerprint density at radius 2 is 1.95 bits per heavy atom. The number of anilines is 3. The SMILES string of the molecule is N#Cc1ccc(Nc2ccc3cc(N)ccc3n2)c(F)c1. The van der Waals surface area contributed by atoms with Gasteiger partial charge in [-0.1, -0.05) is 0 Å². The van der Waals surface area contributed by atoms with Crippen molar-refractivity contribution in [1.29, 1.82) is 5.26 Å². The van der Waals surface area contributed by atoms with Crippen molar-refractivity contribution in [2.75, 3.05) is 11.1 Å². The number of nitrogen functional groups attached to an aromatic ring is 1. The summed E-state index contributed by atoms with van der Waals surface area (Å²) in [4.78, 5) is 4.40. The molecule has 0 fully saturated rings. The topological polar surface area (TPSA) is 74.7 Å². The number of benzene rings is 2. The smallest absolute Gasteiger partial charge is 0.147 e. The standard InChI is InChI=1S/C16H11FN4/c17-13-7-10(9-18)1-4-15(13)21-16-6-2-11-8-12(19)3-5-14(11)20-16/h1-8H,19H2,(H,20,21). The van der Waals surface area contributed by atoms with Crippen LogP contribution in [-0.2, 0) is 0 Å². The van der Waals surface area contributed by atoms with E-state index in [1.54, 1.807) is 18.2 Å². The lowest BCUT2D eigenvalue weighted by molar-refractivity contribution is 0.631. The van der Waals surface area contributed by atoms with Gasteiger partial charge >= 0.3 is 0 Å². The van der Waals surface area contributed by atoms with Gasteiger partial charge in [-0.15, -0.1) is 0 Å². The highest BCUT2D eigenvalue weighted by molar-refractivity contribution is 5.83. The number of halogens is 1. The van der Waals surface area contributed by atoms with Crippen LogP contribution >= 0.6 is 0 Å². The zero-order valence-corrected chi connectivity index (χ0v) is 11.0. The van der Waals surface area contributed by atoms with Crippen LogP contribution in [0.15, 0.2) is 48.5 Å². The highest BCUT2D eigenvalue weighted by Crippen LogP contribution is 2.22. The maximum Gasteiger partial charge on any atom is 0.147 e. The van der Waals surface area contributed by atoms with Crippen LogP contribution in [0.5, 0.6) is 0 Å². The summed E-state index contributed by atoms with van der Waals surface area (Å²) in [5.74, 6) is 0.0316. The molecule has 0 radical (unpaired) electrons. The van der Waals surface area contributed by atoms with Crippen LogP contribution in [0.25, 0.3) is 10.9 Å². The summed E-state index contributed by atoms with van der Waals surface area (Å²) in [5.41, 5.74) is 7.70. The number of nitrogens with two attached hydrogens (primary N) is 1. The van der Waals surface area contributed by atoms with E-state index in [0.717, 1.165) is 10.9 Å². The van der Waals surface area contributed by atoms with E-state index in [2.05, 4.69) is 10.3 Å². The van der Waals surface area contributed by atoms with Gasteiger partial charge in [-0.3, -0.25) is 0 Å². The van der Waals surface area contributed by atoms with Crippen molar-refractivity contribution in [3.8, 4) is 6.07 Å². The molecule has 3 rings (SSSR count). The number of pyridine rings is 1. The first-order valence-corrected chi connectivity index (χ1v) is 6.29. The lowest BCUT2D eigenvalue weighted by Crippen LogP contribution is -1.97. The lowest BCUT2D eigenvalue weighted by atomic mass is 10.2. The van der Waals surface area contributed by atoms with Gasteiger partial charge in [0.25, 0.3) is 0 Å². The predicted molar refractivity (Wildman–Crippen MR) is 80.6 cm³/mol. The van der Waals surface area contributed by atoms with Crippen LogP contribution in [0.3, 0.4) is 0 Å². The van der Waals surface area contributed by atoms with Gasteiger partial charge in [0.2, 0.25) is 0 Å². The highest BCUT2D eigenvalue weighted by atomic mass is 19.1. The van der Waals surface area contributed by atoms with Gasteiger partial charge in [0, 0.05) is 11.1 Å². The van der Waals surface area contributed by atoms with Gasteiger partial charge in [0.05, 0.1) is 22.8 Å². The Morgan fingerprint density at radius 1 is 1.10 bits per heavy atom. The van der Waals surface area contributed by atoms with Crippen LogP contribution < -0.4 is 11.1 Å². The number of nitrogens with zero attached hydrogens (tertiary/aromatic N) is 2. The number of hydrogen-bond acceptors (Lipinski definition) is 4. The molecule has 0 unspecified atom stereocenters. The molecule has 0 atom stereocenters. The van der Waals surface area contributed by atoms with E-state index in [4.69, 9.17) is 11.0 Å². The number of nitriles is 1. The molecule has 2 aromatic carbocycles. The summed E-state index contributed by atoms with van der Waals surface area (Å²) in [7, 11) is 0. The van der Waals surface area contributed by atoms with Gasteiger partial charge < -0.3 is 11.1 Å². The average molecular weight is 278 g/mol. The molecular formula is C16H11FN4. The van der Waals surface area contributed by atoms with Crippen LogP contribution in [0, 0.1) is 17.1 Å². The van der Waals surface area contributed by atoms with Crippen molar-refractivity contribution < 1.29 is 4.39 Å². The molecule has 5 heteroatoms. The minimum absolute atomic E-state index is 0.274. The number of fused-ring (bicyclic) bond motifs is 1. The highest BCUT2D eigenvalue weighted by Gasteiger charge is 2.05. The Kier molecular flexibility index (Phi) is 3.13. The molecule has 3 aromatic rings. The third kappa shape index (κ3) is 2.60. The van der Waals surface area contributed by atoms with Crippen molar-refractivity contribution in [3.05, 3.63) is 59.9 Å². The molecule has 0 spiro atoms. The van der Waals surface area contributed by atoms with Gasteiger partial charge in [0.1, 0.15) is 11.6 Å². The monoisotopic (exact) mass is 278 g/mol. The molecule has 1 heterocycles. The zero-order chi connectivity index (χ0) is 14.8. The fourth-order valence-corrected chi connectivity index (χ4v) is 2.04. The predicted octanol–water partition coefficient (Wildman–Crippen LogP) is 3.57. The maximum absolute atomic E-state index is 13.8. The Balaban J connectivity index is 1.95. The Hall–Kier alpha value is -3.13. The molecule has 0 bridgehead atoms. The Morgan fingerprint density at radius 3 is 2.71 bits per heavy atom. The third-order valence-corrected chi connectivity index (χ3v) is 3.07. The molecule has 1 aromatic heterocycles. The van der Waals surface area contributed by atoms with E-state index >= 15 is 0 Å². The van der Waals surface area contributed by atoms with Crippen LogP contribution in [0.2, 0.25) is 0 Å². The number of rotatable bonds is 2. The summed E-state index contributed by atoms with van der Waals surface area (Å²) < 4.78 is 13.8. The van der Waals surface area contributed by atoms with Crippen LogP contribution in [0.1, 0.15) is 5.56 Å². The van der Waals surface area contributed by atoms with E-state index < -0.39 is 5.82 Å². The summed E-state index contributed by atoms with van der Waals surface area (Å²) in [5, 5.41) is 12.5. The van der Waals surface area contributed by atoms with E-state index in [-0.39, 0.29) is 11.3 Å². The average Bonchev–Trinajstić information content (AvgIpc) is 2.49. The number of hydrogen-bond donors (Lipinski definition) is 2. The van der Waals surface area contributed by atoms with Crippen molar-refractivity contribution in [1.82, 2.24) is 4.98 Å². The van der Waals surface area contributed by atoms with Crippen molar-refractivity contribution in [2.24, 2.45) is 0 Å². The quantitative estimate of drug-likeness (QED) is 0.703. The molecule has 0 saturated carbocycles. The second-order valence-electron chi connectivity index (χ2n) is 4.58. The summed E-state index contributed by atoms with van der Waals surface area (Å²) >= 11 is 0. The van der Waals surface area contributed by atoms with Crippen LogP contribution in [0.4, 0.5) is 21.6 Å². The van der Waals surface area contributed by atoms with Gasteiger partial charge in [-0.2, -0.15) is 5.26 Å². The minimum Gasteiger partial charge on any atom is -0.399 e. The van der Waals surface area contributed by atoms with E-state index in [1.165, 1.54) is 12.1 Å². The first-order chi connectivity index (χ1) is 10.2. The first-order valence-electron chi connectivity index (χ1n) is 6.29. The lowest BCUT2D eigenvalue weighted by Gasteiger charge is -2.08. The molecule has 0 saturated heterocycles. The second kappa shape index (κ2) is 5.10. The first kappa shape index (κ1) is 12.9. The van der Waals surface area contributed by atoms with Crippen LogP contribution in [-0.4, -0.2) is 4.98 Å². The van der Waals surface area contributed by atoms with Gasteiger partial charge in [-0.25, -0.2) is 9.37 Å². The molecule has 4 nitrogen and oxygen atoms in total. The Labute approximate surface area is 120 Å². The van der Waals surface area contributed by atoms with Crippen molar-refractivity contribution >= 4 is 28.1 Å².